The van der Waals surface area contributed by atoms with Crippen LogP contribution in [-0.2, 0) is 4.79 Å². The van der Waals surface area contributed by atoms with E-state index in [1.165, 1.54) is 39.5 Å². The molecule has 0 unspecified atom stereocenters. The number of methoxy groups -OCH3 is 3. The Kier molecular flexibility index (Phi) is 6.37. The predicted molar refractivity (Wildman–Crippen MR) is 102 cm³/mol. The summed E-state index contributed by atoms with van der Waals surface area (Å²) >= 11 is 0. The monoisotopic (exact) mass is 372 g/mol. The molecular formula is C19H20N2O6. The maximum Gasteiger partial charge on any atom is 0.293 e. The van der Waals surface area contributed by atoms with E-state index in [1.807, 2.05) is 0 Å². The number of rotatable bonds is 7. The molecule has 1 N–H and O–H groups in total. The minimum atomic E-state index is -0.536. The number of hydrogen-bond acceptors (Lipinski definition) is 6. The molecule has 0 saturated carbocycles. The Labute approximate surface area is 156 Å². The number of amides is 1. The van der Waals surface area contributed by atoms with Gasteiger partial charge in [0.1, 0.15) is 5.69 Å². The number of hydrogen-bond donors (Lipinski definition) is 1. The van der Waals surface area contributed by atoms with E-state index in [1.54, 1.807) is 31.2 Å². The minimum absolute atomic E-state index is 0.130. The lowest BCUT2D eigenvalue weighted by Crippen LogP contribution is -2.09. The highest BCUT2D eigenvalue weighted by molar-refractivity contribution is 6.03. The van der Waals surface area contributed by atoms with Gasteiger partial charge in [-0.1, -0.05) is 6.07 Å². The van der Waals surface area contributed by atoms with Gasteiger partial charge in [-0.25, -0.2) is 0 Å². The highest BCUT2D eigenvalue weighted by atomic mass is 16.6. The van der Waals surface area contributed by atoms with E-state index in [2.05, 4.69) is 5.32 Å². The van der Waals surface area contributed by atoms with Crippen LogP contribution in [0.3, 0.4) is 0 Å². The third kappa shape index (κ3) is 4.75. The average Bonchev–Trinajstić information content (AvgIpc) is 2.66. The van der Waals surface area contributed by atoms with Crippen molar-refractivity contribution in [3.63, 3.8) is 0 Å². The molecule has 142 valence electrons. The summed E-state index contributed by atoms with van der Waals surface area (Å²) < 4.78 is 15.8. The molecule has 0 spiro atoms. The second-order valence-corrected chi connectivity index (χ2v) is 5.56. The molecule has 8 heteroatoms. The molecule has 0 fully saturated rings. The smallest absolute Gasteiger partial charge is 0.293 e. The van der Waals surface area contributed by atoms with Crippen LogP contribution in [0.15, 0.2) is 36.4 Å². The Bertz CT molecular complexity index is 867. The van der Waals surface area contributed by atoms with Crippen molar-refractivity contribution in [2.45, 2.75) is 6.92 Å². The van der Waals surface area contributed by atoms with E-state index >= 15 is 0 Å². The maximum atomic E-state index is 12.2. The minimum Gasteiger partial charge on any atom is -0.493 e. The highest BCUT2D eigenvalue weighted by Crippen LogP contribution is 2.38. The summed E-state index contributed by atoms with van der Waals surface area (Å²) in [5, 5.41) is 13.6. The number of ether oxygens (including phenoxy) is 3. The van der Waals surface area contributed by atoms with Crippen LogP contribution in [0.4, 0.5) is 11.4 Å². The molecule has 0 radical (unpaired) electrons. The first kappa shape index (κ1) is 19.8. The summed E-state index contributed by atoms with van der Waals surface area (Å²) in [6, 6.07) is 7.95. The summed E-state index contributed by atoms with van der Waals surface area (Å²) in [7, 11) is 4.49. The topological polar surface area (TPSA) is 99.9 Å². The standard InChI is InChI=1S/C19H20N2O6/c1-12-5-7-14(15(9-12)21(23)24)20-18(22)8-6-13-10-16(25-2)19(27-4)17(11-13)26-3/h5-11H,1-4H3,(H,20,22)/b8-6+. The van der Waals surface area contributed by atoms with Gasteiger partial charge in [-0.15, -0.1) is 0 Å². The third-order valence-electron chi connectivity index (χ3n) is 3.72. The van der Waals surface area contributed by atoms with Crippen LogP contribution in [-0.4, -0.2) is 32.2 Å². The molecule has 0 bridgehead atoms. The summed E-state index contributed by atoms with van der Waals surface area (Å²) in [5.41, 5.74) is 1.33. The van der Waals surface area contributed by atoms with E-state index in [9.17, 15) is 14.9 Å². The SMILES string of the molecule is COc1cc(/C=C/C(=O)Nc2ccc(C)cc2[N+](=O)[O-])cc(OC)c1OC. The molecule has 1 amide bonds. The van der Waals surface area contributed by atoms with Gasteiger partial charge < -0.3 is 19.5 Å². The Morgan fingerprint density at radius 1 is 1.07 bits per heavy atom. The van der Waals surface area contributed by atoms with E-state index in [4.69, 9.17) is 14.2 Å². The van der Waals surface area contributed by atoms with Gasteiger partial charge in [-0.05, 0) is 42.3 Å². The second-order valence-electron chi connectivity index (χ2n) is 5.56. The quantitative estimate of drug-likeness (QED) is 0.453. The number of aryl methyl sites for hydroxylation is 1. The third-order valence-corrected chi connectivity index (χ3v) is 3.72. The first-order valence-electron chi connectivity index (χ1n) is 7.93. The van der Waals surface area contributed by atoms with Crippen molar-refractivity contribution in [3.05, 3.63) is 57.6 Å². The van der Waals surface area contributed by atoms with E-state index in [0.29, 0.717) is 22.8 Å². The number of carbonyl (C=O) groups is 1. The zero-order valence-corrected chi connectivity index (χ0v) is 15.4. The number of carbonyl (C=O) groups excluding carboxylic acids is 1. The van der Waals surface area contributed by atoms with Crippen LogP contribution in [0.1, 0.15) is 11.1 Å². The summed E-state index contributed by atoms with van der Waals surface area (Å²) in [6.45, 7) is 1.74. The van der Waals surface area contributed by atoms with Gasteiger partial charge in [0.05, 0.1) is 26.3 Å². The molecule has 27 heavy (non-hydrogen) atoms. The van der Waals surface area contributed by atoms with E-state index in [0.717, 1.165) is 5.56 Å². The molecule has 0 aliphatic heterocycles. The first-order chi connectivity index (χ1) is 12.9. The number of benzene rings is 2. The van der Waals surface area contributed by atoms with Gasteiger partial charge in [0.2, 0.25) is 11.7 Å². The molecule has 0 heterocycles. The van der Waals surface area contributed by atoms with Crippen LogP contribution in [0.2, 0.25) is 0 Å². The van der Waals surface area contributed by atoms with Crippen molar-refractivity contribution < 1.29 is 23.9 Å². The number of nitro groups is 1. The fourth-order valence-corrected chi connectivity index (χ4v) is 2.44. The van der Waals surface area contributed by atoms with Gasteiger partial charge in [-0.2, -0.15) is 0 Å². The fourth-order valence-electron chi connectivity index (χ4n) is 2.44. The zero-order chi connectivity index (χ0) is 20.0. The average molecular weight is 372 g/mol. The lowest BCUT2D eigenvalue weighted by atomic mass is 10.1. The molecule has 2 aromatic carbocycles. The van der Waals surface area contributed by atoms with Crippen LogP contribution >= 0.6 is 0 Å². The van der Waals surface area contributed by atoms with Crippen molar-refractivity contribution in [2.75, 3.05) is 26.6 Å². The lowest BCUT2D eigenvalue weighted by Gasteiger charge is -2.12. The summed E-state index contributed by atoms with van der Waals surface area (Å²) in [5.74, 6) is 0.838. The van der Waals surface area contributed by atoms with Crippen LogP contribution in [0.25, 0.3) is 6.08 Å². The van der Waals surface area contributed by atoms with Crippen LogP contribution in [0, 0.1) is 17.0 Å². The Morgan fingerprint density at radius 2 is 1.70 bits per heavy atom. The fraction of sp³-hybridized carbons (Fsp3) is 0.211. The van der Waals surface area contributed by atoms with Crippen LogP contribution in [0.5, 0.6) is 17.2 Å². The normalized spacial score (nSPS) is 10.5. The van der Waals surface area contributed by atoms with Gasteiger partial charge in [0.25, 0.3) is 5.69 Å². The molecule has 0 aliphatic rings. The van der Waals surface area contributed by atoms with Crippen molar-refractivity contribution >= 4 is 23.4 Å². The molecule has 0 saturated heterocycles. The predicted octanol–water partition coefficient (Wildman–Crippen LogP) is 3.58. The Hall–Kier alpha value is -3.55. The van der Waals surface area contributed by atoms with E-state index < -0.39 is 10.8 Å². The van der Waals surface area contributed by atoms with Crippen molar-refractivity contribution in [1.29, 1.82) is 0 Å². The highest BCUT2D eigenvalue weighted by Gasteiger charge is 2.15. The first-order valence-corrected chi connectivity index (χ1v) is 7.93. The maximum absolute atomic E-state index is 12.2. The van der Waals surface area contributed by atoms with Crippen molar-refractivity contribution in [3.8, 4) is 17.2 Å². The molecule has 2 aromatic rings. The number of nitro benzene ring substituents is 1. The summed E-state index contributed by atoms with van der Waals surface area (Å²) in [6.07, 6.45) is 2.81. The van der Waals surface area contributed by atoms with Gasteiger partial charge in [0, 0.05) is 12.1 Å². The lowest BCUT2D eigenvalue weighted by molar-refractivity contribution is -0.384. The second kappa shape index (κ2) is 8.70. The van der Waals surface area contributed by atoms with E-state index in [-0.39, 0.29) is 11.4 Å². The molecule has 0 aliphatic carbocycles. The Balaban J connectivity index is 2.24. The zero-order valence-electron chi connectivity index (χ0n) is 15.4. The number of anilines is 1. The molecule has 2 rings (SSSR count). The molecule has 0 atom stereocenters. The molecule has 8 nitrogen and oxygen atoms in total. The van der Waals surface area contributed by atoms with Crippen molar-refractivity contribution in [2.24, 2.45) is 0 Å². The van der Waals surface area contributed by atoms with Crippen molar-refractivity contribution in [1.82, 2.24) is 0 Å². The largest absolute Gasteiger partial charge is 0.493 e. The molecule has 0 aromatic heterocycles. The van der Waals surface area contributed by atoms with Gasteiger partial charge >= 0.3 is 0 Å². The summed E-state index contributed by atoms with van der Waals surface area (Å²) in [4.78, 5) is 22.8. The van der Waals surface area contributed by atoms with Crippen LogP contribution < -0.4 is 19.5 Å². The molecular weight excluding hydrogens is 352 g/mol. The Morgan fingerprint density at radius 3 is 2.22 bits per heavy atom. The number of nitrogens with zero attached hydrogens (tertiary/aromatic N) is 1. The number of nitrogens with one attached hydrogen (secondary N) is 1. The van der Waals surface area contributed by atoms with Gasteiger partial charge in [0.15, 0.2) is 11.5 Å². The van der Waals surface area contributed by atoms with Gasteiger partial charge in [-0.3, -0.25) is 14.9 Å².